The van der Waals surface area contributed by atoms with Crippen LogP contribution in [-0.4, -0.2) is 28.3 Å². The van der Waals surface area contributed by atoms with Gasteiger partial charge in [-0.3, -0.25) is 4.79 Å². The lowest BCUT2D eigenvalue weighted by atomic mass is 9.86. The number of hydrogen-bond acceptors (Lipinski definition) is 5. The second kappa shape index (κ2) is 8.02. The molecule has 2 aromatic heterocycles. The largest absolute Gasteiger partial charge is 0.431 e. The van der Waals surface area contributed by atoms with E-state index in [1.54, 1.807) is 19.9 Å². The molecule has 0 saturated heterocycles. The summed E-state index contributed by atoms with van der Waals surface area (Å²) in [5.74, 6) is -0.196. The van der Waals surface area contributed by atoms with Crippen LogP contribution in [0.5, 0.6) is 0 Å². The van der Waals surface area contributed by atoms with Crippen molar-refractivity contribution in [1.82, 2.24) is 14.1 Å². The molecule has 0 fully saturated rings. The Bertz CT molecular complexity index is 1460. The second-order valence-electron chi connectivity index (χ2n) is 8.16. The highest BCUT2D eigenvalue weighted by atomic mass is 32.2. The maximum Gasteiger partial charge on any atom is 0.431 e. The third-order valence-electron chi connectivity index (χ3n) is 5.68. The van der Waals surface area contributed by atoms with Gasteiger partial charge in [-0.25, -0.2) is 13.4 Å². The molecular formula is C22H23F3N4O3S. The zero-order chi connectivity index (χ0) is 24.9. The molecule has 3 aromatic rings. The van der Waals surface area contributed by atoms with Crippen LogP contribution in [0.1, 0.15) is 39.0 Å². The number of rotatable bonds is 5. The predicted octanol–water partition coefficient (Wildman–Crippen LogP) is 4.04. The number of pyridine rings is 1. The molecule has 0 bridgehead atoms. The van der Waals surface area contributed by atoms with Gasteiger partial charge in [0.1, 0.15) is 17.0 Å². The van der Waals surface area contributed by atoms with E-state index >= 15 is 0 Å². The molecule has 33 heavy (non-hydrogen) atoms. The van der Waals surface area contributed by atoms with Gasteiger partial charge >= 0.3 is 6.18 Å². The molecule has 0 saturated carbocycles. The Balaban J connectivity index is 2.43. The summed E-state index contributed by atoms with van der Waals surface area (Å²) in [6.45, 7) is 5.99. The van der Waals surface area contributed by atoms with E-state index < -0.39 is 32.7 Å². The van der Waals surface area contributed by atoms with Crippen LogP contribution >= 0.6 is 0 Å². The topological polar surface area (TPSA) is 97.8 Å². The lowest BCUT2D eigenvalue weighted by Gasteiger charge is -2.19. The number of aromatic nitrogens is 3. The highest BCUT2D eigenvalue weighted by molar-refractivity contribution is 7.91. The highest BCUT2D eigenvalue weighted by Gasteiger charge is 2.36. The van der Waals surface area contributed by atoms with Gasteiger partial charge in [-0.1, -0.05) is 13.0 Å². The predicted molar refractivity (Wildman–Crippen MR) is 117 cm³/mol. The number of nitriles is 1. The van der Waals surface area contributed by atoms with E-state index in [4.69, 9.17) is 0 Å². The maximum atomic E-state index is 13.5. The third-order valence-corrected chi connectivity index (χ3v) is 7.45. The van der Waals surface area contributed by atoms with Crippen LogP contribution in [0.4, 0.5) is 13.2 Å². The molecule has 0 N–H and O–H groups in total. The molecule has 0 aliphatic rings. The Morgan fingerprint density at radius 3 is 2.30 bits per heavy atom. The molecule has 0 aliphatic carbocycles. The van der Waals surface area contributed by atoms with Crippen LogP contribution < -0.4 is 5.56 Å². The van der Waals surface area contributed by atoms with Crippen molar-refractivity contribution in [2.24, 2.45) is 7.05 Å². The second-order valence-corrected chi connectivity index (χ2v) is 10.4. The van der Waals surface area contributed by atoms with E-state index in [9.17, 15) is 31.6 Å². The van der Waals surface area contributed by atoms with E-state index in [2.05, 4.69) is 11.1 Å². The summed E-state index contributed by atoms with van der Waals surface area (Å²) >= 11 is 0. The molecule has 11 heteroatoms. The smallest absolute Gasteiger partial charge is 0.323 e. The average Bonchev–Trinajstić information content (AvgIpc) is 3.09. The number of hydrogen-bond donors (Lipinski definition) is 0. The summed E-state index contributed by atoms with van der Waals surface area (Å²) in [4.78, 5) is 17.0. The first kappa shape index (κ1) is 24.5. The van der Waals surface area contributed by atoms with Crippen molar-refractivity contribution in [2.45, 2.75) is 50.7 Å². The van der Waals surface area contributed by atoms with E-state index in [0.29, 0.717) is 10.1 Å². The van der Waals surface area contributed by atoms with E-state index in [-0.39, 0.29) is 39.6 Å². The number of sulfone groups is 1. The number of imidazole rings is 1. The summed E-state index contributed by atoms with van der Waals surface area (Å²) in [6, 6.07) is 7.36. The Morgan fingerprint density at radius 1 is 1.15 bits per heavy atom. The summed E-state index contributed by atoms with van der Waals surface area (Å²) in [5.41, 5.74) is -2.61. The number of alkyl halides is 3. The first-order valence-corrected chi connectivity index (χ1v) is 11.8. The quantitative estimate of drug-likeness (QED) is 0.549. The van der Waals surface area contributed by atoms with Crippen LogP contribution in [0.3, 0.4) is 0 Å². The lowest BCUT2D eigenvalue weighted by Crippen LogP contribution is -2.28. The molecule has 0 radical (unpaired) electrons. The van der Waals surface area contributed by atoms with Gasteiger partial charge in [0.25, 0.3) is 5.56 Å². The van der Waals surface area contributed by atoms with Gasteiger partial charge in [0.05, 0.1) is 27.6 Å². The van der Waals surface area contributed by atoms with Crippen LogP contribution in [0.2, 0.25) is 0 Å². The van der Waals surface area contributed by atoms with Crippen molar-refractivity contribution in [3.8, 4) is 17.5 Å². The monoisotopic (exact) mass is 480 g/mol. The van der Waals surface area contributed by atoms with Crippen molar-refractivity contribution in [3.63, 3.8) is 0 Å². The molecule has 7 nitrogen and oxygen atoms in total. The van der Waals surface area contributed by atoms with Crippen molar-refractivity contribution in [1.29, 1.82) is 5.26 Å². The summed E-state index contributed by atoms with van der Waals surface area (Å²) in [5, 5.41) is 9.45. The summed E-state index contributed by atoms with van der Waals surface area (Å²) < 4.78 is 68.3. The summed E-state index contributed by atoms with van der Waals surface area (Å²) in [7, 11) is -2.35. The van der Waals surface area contributed by atoms with Gasteiger partial charge in [-0.15, -0.1) is 0 Å². The third kappa shape index (κ3) is 4.04. The minimum atomic E-state index is -4.76. The molecule has 1 aromatic carbocycles. The Hall–Kier alpha value is -3.13. The zero-order valence-electron chi connectivity index (χ0n) is 18.8. The fourth-order valence-electron chi connectivity index (χ4n) is 3.68. The minimum Gasteiger partial charge on any atom is -0.323 e. The molecular weight excluding hydrogens is 457 g/mol. The van der Waals surface area contributed by atoms with Gasteiger partial charge in [-0.2, -0.15) is 18.4 Å². The highest BCUT2D eigenvalue weighted by Crippen LogP contribution is 2.35. The molecule has 3 rings (SSSR count). The standard InChI is InChI=1S/C22H23F3N4O3S/c1-6-29-17(22(23,24)25)11-15-18(20(29)30)28(5)19(27-15)14-9-8-13(21(3,4)12-26)10-16(14)33(31,32)7-2/h8-11H,6-7H2,1-5H3. The SMILES string of the molecule is CCn1c(C(F)(F)F)cc2nc(-c3ccc(C(C)(C)C#N)cc3S(=O)(=O)CC)n(C)c2c1=O. The van der Waals surface area contributed by atoms with Crippen molar-refractivity contribution >= 4 is 20.9 Å². The normalized spacial score (nSPS) is 12.8. The maximum absolute atomic E-state index is 13.5. The van der Waals surface area contributed by atoms with Gasteiger partial charge < -0.3 is 9.13 Å². The van der Waals surface area contributed by atoms with Crippen LogP contribution in [0.15, 0.2) is 34.0 Å². The summed E-state index contributed by atoms with van der Waals surface area (Å²) in [6.07, 6.45) is -4.76. The first-order chi connectivity index (χ1) is 15.2. The van der Waals surface area contributed by atoms with Gasteiger partial charge in [0.15, 0.2) is 9.84 Å². The Kier molecular flexibility index (Phi) is 5.96. The number of benzene rings is 1. The number of aryl methyl sites for hydroxylation is 1. The van der Waals surface area contributed by atoms with E-state index in [1.165, 1.54) is 37.6 Å². The van der Waals surface area contributed by atoms with Crippen molar-refractivity contribution in [2.75, 3.05) is 5.75 Å². The zero-order valence-corrected chi connectivity index (χ0v) is 19.6. The molecule has 0 amide bonds. The molecule has 0 atom stereocenters. The van der Waals surface area contributed by atoms with Crippen molar-refractivity contribution < 1.29 is 21.6 Å². The Morgan fingerprint density at radius 2 is 1.79 bits per heavy atom. The fourth-order valence-corrected chi connectivity index (χ4v) is 4.79. The number of nitrogens with zero attached hydrogens (tertiary/aromatic N) is 4. The molecule has 0 spiro atoms. The molecule has 176 valence electrons. The van der Waals surface area contributed by atoms with Crippen LogP contribution in [0.25, 0.3) is 22.4 Å². The molecule has 0 unspecified atom stereocenters. The van der Waals surface area contributed by atoms with E-state index in [1.807, 2.05) is 0 Å². The minimum absolute atomic E-state index is 0.0393. The number of halogens is 3. The Labute approximate surface area is 189 Å². The molecule has 0 aliphatic heterocycles. The van der Waals surface area contributed by atoms with Crippen molar-refractivity contribution in [3.05, 3.63) is 45.9 Å². The first-order valence-electron chi connectivity index (χ1n) is 10.2. The van der Waals surface area contributed by atoms with Gasteiger partial charge in [0.2, 0.25) is 0 Å². The van der Waals surface area contributed by atoms with Gasteiger partial charge in [-0.05, 0) is 44.5 Å². The lowest BCUT2D eigenvalue weighted by molar-refractivity contribution is -0.144. The van der Waals surface area contributed by atoms with E-state index in [0.717, 1.165) is 6.07 Å². The number of fused-ring (bicyclic) bond motifs is 1. The average molecular weight is 481 g/mol. The fraction of sp³-hybridized carbons (Fsp3) is 0.409. The van der Waals surface area contributed by atoms with Crippen LogP contribution in [0, 0.1) is 11.3 Å². The van der Waals surface area contributed by atoms with Gasteiger partial charge in [0, 0.05) is 19.2 Å². The van der Waals surface area contributed by atoms with Crippen LogP contribution in [-0.2, 0) is 35.0 Å². The molecule has 2 heterocycles.